The van der Waals surface area contributed by atoms with E-state index in [9.17, 15) is 4.79 Å². The summed E-state index contributed by atoms with van der Waals surface area (Å²) < 4.78 is 0. The normalized spacial score (nSPS) is 10.2. The molecule has 0 aliphatic heterocycles. The van der Waals surface area contributed by atoms with Crippen molar-refractivity contribution in [3.8, 4) is 5.75 Å². The summed E-state index contributed by atoms with van der Waals surface area (Å²) in [4.78, 5) is 24.7. The highest BCUT2D eigenvalue weighted by Gasteiger charge is 2.10. The Morgan fingerprint density at radius 1 is 1.42 bits per heavy atom. The Morgan fingerprint density at radius 2 is 2.21 bits per heavy atom. The number of carbonyl (C=O) groups excluding carboxylic acids is 1. The van der Waals surface area contributed by atoms with Gasteiger partial charge in [-0.05, 0) is 24.3 Å². The number of fused-ring (bicyclic) bond motifs is 1. The van der Waals surface area contributed by atoms with Crippen molar-refractivity contribution in [1.82, 2.24) is 4.98 Å². The maximum absolute atomic E-state index is 10.8. The summed E-state index contributed by atoms with van der Waals surface area (Å²) in [5, 5.41) is 1.29. The van der Waals surface area contributed by atoms with Crippen LogP contribution in [-0.4, -0.2) is 11.0 Å². The number of hydrogen-bond acceptors (Lipinski definition) is 4. The minimum Gasteiger partial charge on any atom is -0.285 e. The van der Waals surface area contributed by atoms with Crippen molar-refractivity contribution in [2.24, 2.45) is 0 Å². The molecule has 0 aliphatic carbocycles. The van der Waals surface area contributed by atoms with Gasteiger partial charge in [0.2, 0.25) is 5.75 Å². The molecule has 0 radical (unpaired) electrons. The average molecular weight is 278 g/mol. The smallest absolute Gasteiger partial charge is 0.285 e. The molecule has 0 saturated heterocycles. The standard InChI is InChI=1S/C14H12ClNO3/c1-3-4-10-5-6-11-12(15)7-8-13(14(11)16-10)19-18-9(2)17/h3,5-8H,1,4H2,2H3. The van der Waals surface area contributed by atoms with Gasteiger partial charge in [-0.3, -0.25) is 9.78 Å². The Kier molecular flexibility index (Phi) is 4.02. The van der Waals surface area contributed by atoms with Gasteiger partial charge in [-0.15, -0.1) is 6.58 Å². The molecule has 1 aromatic carbocycles. The van der Waals surface area contributed by atoms with Crippen molar-refractivity contribution in [3.05, 3.63) is 47.6 Å². The summed E-state index contributed by atoms with van der Waals surface area (Å²) in [7, 11) is 0. The maximum Gasteiger partial charge on any atom is 0.352 e. The molecule has 1 aromatic heterocycles. The van der Waals surface area contributed by atoms with Gasteiger partial charge in [0.05, 0.1) is 5.02 Å². The zero-order valence-corrected chi connectivity index (χ0v) is 11.1. The third-order valence-electron chi connectivity index (χ3n) is 2.43. The van der Waals surface area contributed by atoms with E-state index in [1.165, 1.54) is 6.92 Å². The van der Waals surface area contributed by atoms with Gasteiger partial charge in [-0.1, -0.05) is 17.7 Å². The van der Waals surface area contributed by atoms with Crippen molar-refractivity contribution in [2.45, 2.75) is 13.3 Å². The van der Waals surface area contributed by atoms with Gasteiger partial charge in [0.15, 0.2) is 0 Å². The van der Waals surface area contributed by atoms with Crippen LogP contribution in [0.25, 0.3) is 10.9 Å². The van der Waals surface area contributed by atoms with E-state index in [4.69, 9.17) is 16.5 Å². The maximum atomic E-state index is 10.8. The number of carbonyl (C=O) groups is 1. The average Bonchev–Trinajstić information content (AvgIpc) is 2.38. The van der Waals surface area contributed by atoms with Crippen LogP contribution in [0, 0.1) is 0 Å². The predicted octanol–water partition coefficient (Wildman–Crippen LogP) is 3.47. The van der Waals surface area contributed by atoms with Crippen molar-refractivity contribution >= 4 is 28.5 Å². The molecule has 0 fully saturated rings. The summed E-state index contributed by atoms with van der Waals surface area (Å²) in [6.45, 7) is 4.93. The van der Waals surface area contributed by atoms with Crippen LogP contribution in [0.2, 0.25) is 5.02 Å². The molecule has 0 bridgehead atoms. The largest absolute Gasteiger partial charge is 0.352 e. The van der Waals surface area contributed by atoms with Crippen LogP contribution in [0.1, 0.15) is 12.6 Å². The Balaban J connectivity index is 2.49. The van der Waals surface area contributed by atoms with E-state index in [1.54, 1.807) is 18.2 Å². The number of hydrogen-bond donors (Lipinski definition) is 0. The van der Waals surface area contributed by atoms with Crippen LogP contribution in [-0.2, 0) is 16.1 Å². The van der Waals surface area contributed by atoms with E-state index in [2.05, 4.69) is 16.5 Å². The zero-order chi connectivity index (χ0) is 13.8. The molecule has 19 heavy (non-hydrogen) atoms. The molecule has 0 unspecified atom stereocenters. The molecule has 0 spiro atoms. The van der Waals surface area contributed by atoms with Crippen LogP contribution in [0.15, 0.2) is 36.9 Å². The number of allylic oxidation sites excluding steroid dienone is 1. The van der Waals surface area contributed by atoms with Gasteiger partial charge in [0, 0.05) is 24.4 Å². The van der Waals surface area contributed by atoms with Crippen molar-refractivity contribution in [1.29, 1.82) is 0 Å². The number of pyridine rings is 1. The fourth-order valence-corrected chi connectivity index (χ4v) is 1.85. The Labute approximate surface area is 115 Å². The molecule has 4 nitrogen and oxygen atoms in total. The molecule has 5 heteroatoms. The van der Waals surface area contributed by atoms with Crippen LogP contribution < -0.4 is 4.89 Å². The molecule has 0 amide bonds. The van der Waals surface area contributed by atoms with Crippen molar-refractivity contribution < 1.29 is 14.6 Å². The number of aromatic nitrogens is 1. The molecular formula is C14H12ClNO3. The Morgan fingerprint density at radius 3 is 2.89 bits per heavy atom. The number of benzene rings is 1. The topological polar surface area (TPSA) is 48.4 Å². The quantitative estimate of drug-likeness (QED) is 0.488. The number of nitrogens with zero attached hydrogens (tertiary/aromatic N) is 1. The summed E-state index contributed by atoms with van der Waals surface area (Å²) >= 11 is 6.10. The van der Waals surface area contributed by atoms with Gasteiger partial charge in [0.25, 0.3) is 0 Å². The lowest BCUT2D eigenvalue weighted by atomic mass is 10.1. The zero-order valence-electron chi connectivity index (χ0n) is 10.4. The SMILES string of the molecule is C=CCc1ccc2c(Cl)ccc(OOC(C)=O)c2n1. The Bertz CT molecular complexity index is 640. The van der Waals surface area contributed by atoms with Gasteiger partial charge in [0.1, 0.15) is 5.52 Å². The molecule has 0 saturated carbocycles. The van der Waals surface area contributed by atoms with E-state index in [0.717, 1.165) is 11.1 Å². The molecule has 0 atom stereocenters. The molecule has 0 N–H and O–H groups in total. The van der Waals surface area contributed by atoms with E-state index >= 15 is 0 Å². The van der Waals surface area contributed by atoms with Crippen LogP contribution in [0.3, 0.4) is 0 Å². The first-order valence-electron chi connectivity index (χ1n) is 5.66. The van der Waals surface area contributed by atoms with E-state index in [-0.39, 0.29) is 0 Å². The first kappa shape index (κ1) is 13.4. The van der Waals surface area contributed by atoms with Crippen molar-refractivity contribution in [3.63, 3.8) is 0 Å². The fourth-order valence-electron chi connectivity index (χ4n) is 1.63. The summed E-state index contributed by atoms with van der Waals surface area (Å²) in [5.41, 5.74) is 1.38. The van der Waals surface area contributed by atoms with Crippen LogP contribution in [0.4, 0.5) is 0 Å². The highest BCUT2D eigenvalue weighted by atomic mass is 35.5. The monoisotopic (exact) mass is 277 g/mol. The van der Waals surface area contributed by atoms with Crippen LogP contribution in [0.5, 0.6) is 5.75 Å². The third kappa shape index (κ3) is 3.03. The van der Waals surface area contributed by atoms with E-state index in [0.29, 0.717) is 22.7 Å². The highest BCUT2D eigenvalue weighted by molar-refractivity contribution is 6.35. The minimum absolute atomic E-state index is 0.348. The molecule has 2 aromatic rings. The fraction of sp³-hybridized carbons (Fsp3) is 0.143. The van der Waals surface area contributed by atoms with Crippen LogP contribution >= 0.6 is 11.6 Å². The third-order valence-corrected chi connectivity index (χ3v) is 2.76. The first-order valence-corrected chi connectivity index (χ1v) is 6.03. The highest BCUT2D eigenvalue weighted by Crippen LogP contribution is 2.30. The molecule has 1 heterocycles. The predicted molar refractivity (Wildman–Crippen MR) is 73.0 cm³/mol. The van der Waals surface area contributed by atoms with Gasteiger partial charge < -0.3 is 0 Å². The lowest BCUT2D eigenvalue weighted by Gasteiger charge is -2.08. The lowest BCUT2D eigenvalue weighted by Crippen LogP contribution is -2.04. The number of rotatable bonds is 4. The number of halogens is 1. The summed E-state index contributed by atoms with van der Waals surface area (Å²) in [5.74, 6) is -0.189. The van der Waals surface area contributed by atoms with Crippen molar-refractivity contribution in [2.75, 3.05) is 0 Å². The van der Waals surface area contributed by atoms with Gasteiger partial charge in [-0.2, -0.15) is 0 Å². The molecule has 2 rings (SSSR count). The van der Waals surface area contributed by atoms with E-state index in [1.807, 2.05) is 12.1 Å². The van der Waals surface area contributed by atoms with Gasteiger partial charge in [-0.25, -0.2) is 9.78 Å². The second-order valence-electron chi connectivity index (χ2n) is 3.90. The van der Waals surface area contributed by atoms with Gasteiger partial charge >= 0.3 is 5.97 Å². The minimum atomic E-state index is -0.537. The molecule has 98 valence electrons. The summed E-state index contributed by atoms with van der Waals surface area (Å²) in [6, 6.07) is 6.99. The van der Waals surface area contributed by atoms with E-state index < -0.39 is 5.97 Å². The first-order chi connectivity index (χ1) is 9.11. The molecular weight excluding hydrogens is 266 g/mol. The Hall–Kier alpha value is -2.07. The lowest BCUT2D eigenvalue weighted by molar-refractivity contribution is -0.210. The molecule has 0 aliphatic rings. The second-order valence-corrected chi connectivity index (χ2v) is 4.30. The summed E-state index contributed by atoms with van der Waals surface area (Å²) in [6.07, 6.45) is 2.39. The second kappa shape index (κ2) is 5.71.